The molecule has 3 atom stereocenters. The van der Waals surface area contributed by atoms with E-state index < -0.39 is 45.8 Å². The van der Waals surface area contributed by atoms with Crippen LogP contribution < -0.4 is 24.8 Å². The molecule has 234 valence electrons. The predicted octanol–water partition coefficient (Wildman–Crippen LogP) is 3.74. The first-order valence-corrected chi connectivity index (χ1v) is 15.3. The second-order valence-corrected chi connectivity index (χ2v) is 12.7. The summed E-state index contributed by atoms with van der Waals surface area (Å²) in [6.07, 6.45) is -0.796. The highest BCUT2D eigenvalue weighted by atomic mass is 32.2. The van der Waals surface area contributed by atoms with E-state index in [4.69, 9.17) is 14.2 Å². The minimum Gasteiger partial charge on any atom is -0.486 e. The van der Waals surface area contributed by atoms with Gasteiger partial charge in [0.2, 0.25) is 16.8 Å². The number of fused-ring (bicyclic) bond motifs is 2. The minimum atomic E-state index is -4.02. The molecule has 3 aromatic rings. The molecule has 0 bridgehead atoms. The summed E-state index contributed by atoms with van der Waals surface area (Å²) in [6.45, 7) is 3.33. The van der Waals surface area contributed by atoms with Crippen molar-refractivity contribution in [3.63, 3.8) is 0 Å². The van der Waals surface area contributed by atoms with Crippen molar-refractivity contribution < 1.29 is 41.7 Å². The van der Waals surface area contributed by atoms with E-state index in [1.54, 1.807) is 50.2 Å². The molecule has 2 aliphatic heterocycles. The van der Waals surface area contributed by atoms with Crippen molar-refractivity contribution in [2.24, 2.45) is 5.92 Å². The SMILES string of the molecule is C[C@@H]1CN([C@H](C)CO)C(=O)c2cccc(NC(=O)Nc3ccc4c(c3)OCO4)c2O[C@@H]1CN(C)S(=O)(=O)c1ccc(F)cc1. The maximum Gasteiger partial charge on any atom is 0.323 e. The maximum atomic E-state index is 13.7. The third kappa shape index (κ3) is 6.42. The number of likely N-dealkylation sites (N-methyl/N-ethyl adjacent to an activating group) is 1. The number of hydrogen-bond acceptors (Lipinski definition) is 8. The van der Waals surface area contributed by atoms with Crippen molar-refractivity contribution in [1.82, 2.24) is 9.21 Å². The molecule has 5 rings (SSSR count). The van der Waals surface area contributed by atoms with Crippen LogP contribution in [0.15, 0.2) is 65.6 Å². The number of aliphatic hydroxyl groups excluding tert-OH is 1. The van der Waals surface area contributed by atoms with Crippen LogP contribution in [-0.2, 0) is 10.0 Å². The first-order valence-electron chi connectivity index (χ1n) is 13.9. The summed E-state index contributed by atoms with van der Waals surface area (Å²) in [5.41, 5.74) is 0.741. The van der Waals surface area contributed by atoms with Crippen LogP contribution in [0.25, 0.3) is 0 Å². The van der Waals surface area contributed by atoms with Gasteiger partial charge in [0.05, 0.1) is 35.3 Å². The third-order valence-electron chi connectivity index (χ3n) is 7.53. The topological polar surface area (TPSA) is 147 Å². The number of carbonyl (C=O) groups excluding carboxylic acids is 2. The Labute approximate surface area is 254 Å². The molecule has 44 heavy (non-hydrogen) atoms. The average molecular weight is 629 g/mol. The van der Waals surface area contributed by atoms with Gasteiger partial charge in [-0.15, -0.1) is 0 Å². The van der Waals surface area contributed by atoms with Crippen molar-refractivity contribution >= 4 is 33.3 Å². The number of nitrogens with one attached hydrogen (secondary N) is 2. The van der Waals surface area contributed by atoms with Crippen LogP contribution in [0.3, 0.4) is 0 Å². The van der Waals surface area contributed by atoms with E-state index in [1.807, 2.05) is 0 Å². The van der Waals surface area contributed by atoms with Gasteiger partial charge in [-0.3, -0.25) is 4.79 Å². The first kappa shape index (κ1) is 31.0. The number of aliphatic hydroxyl groups is 1. The Morgan fingerprint density at radius 3 is 2.57 bits per heavy atom. The van der Waals surface area contributed by atoms with Gasteiger partial charge in [-0.2, -0.15) is 4.31 Å². The Kier molecular flexibility index (Phi) is 8.95. The second-order valence-electron chi connectivity index (χ2n) is 10.7. The van der Waals surface area contributed by atoms with Gasteiger partial charge in [0, 0.05) is 31.3 Å². The quantitative estimate of drug-likeness (QED) is 0.342. The molecule has 0 saturated carbocycles. The molecule has 0 aliphatic carbocycles. The summed E-state index contributed by atoms with van der Waals surface area (Å²) >= 11 is 0. The van der Waals surface area contributed by atoms with Gasteiger partial charge in [-0.25, -0.2) is 17.6 Å². The van der Waals surface area contributed by atoms with Gasteiger partial charge >= 0.3 is 6.03 Å². The number of benzene rings is 3. The molecule has 0 saturated heterocycles. The molecule has 3 amide bonds. The maximum absolute atomic E-state index is 13.7. The lowest BCUT2D eigenvalue weighted by atomic mass is 9.99. The molecule has 12 nitrogen and oxygen atoms in total. The molecular weight excluding hydrogens is 595 g/mol. The molecule has 0 unspecified atom stereocenters. The fourth-order valence-electron chi connectivity index (χ4n) is 4.96. The Morgan fingerprint density at radius 2 is 1.84 bits per heavy atom. The predicted molar refractivity (Wildman–Crippen MR) is 159 cm³/mol. The lowest BCUT2D eigenvalue weighted by molar-refractivity contribution is 0.0389. The molecule has 0 fully saturated rings. The minimum absolute atomic E-state index is 0.0533. The number of nitrogens with zero attached hydrogens (tertiary/aromatic N) is 2. The molecule has 14 heteroatoms. The number of carbonyl (C=O) groups is 2. The molecular formula is C30H33FN4O8S. The molecule has 0 aromatic heterocycles. The van der Waals surface area contributed by atoms with Crippen molar-refractivity contribution in [1.29, 1.82) is 0 Å². The van der Waals surface area contributed by atoms with E-state index >= 15 is 0 Å². The number of halogens is 1. The average Bonchev–Trinajstić information content (AvgIpc) is 3.47. The summed E-state index contributed by atoms with van der Waals surface area (Å²) < 4.78 is 58.3. The number of hydrogen-bond donors (Lipinski definition) is 3. The van der Waals surface area contributed by atoms with Crippen LogP contribution in [0.1, 0.15) is 24.2 Å². The third-order valence-corrected chi connectivity index (χ3v) is 9.37. The van der Waals surface area contributed by atoms with Crippen LogP contribution in [0.4, 0.5) is 20.6 Å². The van der Waals surface area contributed by atoms with Gasteiger partial charge in [-0.1, -0.05) is 13.0 Å². The number of para-hydroxylation sites is 1. The van der Waals surface area contributed by atoms with Crippen molar-refractivity contribution in [2.75, 3.05) is 44.2 Å². The van der Waals surface area contributed by atoms with E-state index in [-0.39, 0.29) is 48.4 Å². The number of ether oxygens (including phenoxy) is 3. The molecule has 2 heterocycles. The van der Waals surface area contributed by atoms with Gasteiger partial charge < -0.3 is 34.9 Å². The highest BCUT2D eigenvalue weighted by Gasteiger charge is 2.36. The molecule has 0 radical (unpaired) electrons. The van der Waals surface area contributed by atoms with Gasteiger partial charge in [0.25, 0.3) is 5.91 Å². The lowest BCUT2D eigenvalue weighted by Gasteiger charge is -2.38. The lowest BCUT2D eigenvalue weighted by Crippen LogP contribution is -2.50. The van der Waals surface area contributed by atoms with E-state index in [1.165, 1.54) is 24.1 Å². The second kappa shape index (κ2) is 12.7. The summed E-state index contributed by atoms with van der Waals surface area (Å²) in [5, 5.41) is 15.4. The van der Waals surface area contributed by atoms with Crippen LogP contribution in [0, 0.1) is 11.7 Å². The highest BCUT2D eigenvalue weighted by molar-refractivity contribution is 7.89. The molecule has 2 aliphatic rings. The van der Waals surface area contributed by atoms with Crippen LogP contribution in [-0.4, -0.2) is 80.4 Å². The molecule has 3 aromatic carbocycles. The standard InChI is InChI=1S/C30H33FN4O8S/c1-18-14-35(19(2)16-36)29(37)23-5-4-6-24(33-30(38)32-21-9-12-25-26(13-21)42-17-41-25)28(23)43-27(18)15-34(3)44(39,40)22-10-7-20(31)8-11-22/h4-13,18-19,27,36H,14-17H2,1-3H3,(H2,32,33,38)/t18-,19-,27-/m1/s1. The Bertz CT molecular complexity index is 1650. The molecule has 3 N–H and O–H groups in total. The zero-order valence-corrected chi connectivity index (χ0v) is 25.1. The summed E-state index contributed by atoms with van der Waals surface area (Å²) in [6, 6.07) is 12.9. The number of urea groups is 1. The van der Waals surface area contributed by atoms with Crippen LogP contribution >= 0.6 is 0 Å². The van der Waals surface area contributed by atoms with Gasteiger partial charge in [-0.05, 0) is 55.5 Å². The Hall–Kier alpha value is -4.40. The van der Waals surface area contributed by atoms with E-state index in [2.05, 4.69) is 10.6 Å². The van der Waals surface area contributed by atoms with E-state index in [0.29, 0.717) is 17.2 Å². The van der Waals surface area contributed by atoms with Crippen molar-refractivity contribution in [3.8, 4) is 17.2 Å². The largest absolute Gasteiger partial charge is 0.486 e. The number of sulfonamides is 1. The van der Waals surface area contributed by atoms with Crippen molar-refractivity contribution in [2.45, 2.75) is 30.9 Å². The summed E-state index contributed by atoms with van der Waals surface area (Å²) in [4.78, 5) is 28.2. The zero-order chi connectivity index (χ0) is 31.6. The Balaban J connectivity index is 1.45. The van der Waals surface area contributed by atoms with Gasteiger partial charge in [0.1, 0.15) is 11.9 Å². The summed E-state index contributed by atoms with van der Waals surface area (Å²) in [5.74, 6) is -0.304. The molecule has 0 spiro atoms. The van der Waals surface area contributed by atoms with Crippen molar-refractivity contribution in [3.05, 3.63) is 72.0 Å². The van der Waals surface area contributed by atoms with Crippen LogP contribution in [0.2, 0.25) is 0 Å². The fraction of sp³-hybridized carbons (Fsp3) is 0.333. The number of amides is 3. The fourth-order valence-corrected chi connectivity index (χ4v) is 6.14. The van der Waals surface area contributed by atoms with E-state index in [0.717, 1.165) is 16.4 Å². The zero-order valence-electron chi connectivity index (χ0n) is 24.3. The number of anilines is 2. The van der Waals surface area contributed by atoms with Gasteiger partial charge in [0.15, 0.2) is 17.2 Å². The number of rotatable bonds is 8. The first-order chi connectivity index (χ1) is 21.0. The smallest absolute Gasteiger partial charge is 0.323 e. The Morgan fingerprint density at radius 1 is 1.11 bits per heavy atom. The van der Waals surface area contributed by atoms with E-state index in [9.17, 15) is 27.5 Å². The monoisotopic (exact) mass is 628 g/mol. The summed E-state index contributed by atoms with van der Waals surface area (Å²) in [7, 11) is -2.64. The van der Waals surface area contributed by atoms with Crippen LogP contribution in [0.5, 0.6) is 17.2 Å². The highest BCUT2D eigenvalue weighted by Crippen LogP contribution is 2.36. The normalized spacial score (nSPS) is 18.6.